The van der Waals surface area contributed by atoms with Gasteiger partial charge in [-0.1, -0.05) is 31.2 Å². The summed E-state index contributed by atoms with van der Waals surface area (Å²) < 4.78 is 0. The topological polar surface area (TPSA) is 66.4 Å². The third kappa shape index (κ3) is 4.41. The van der Waals surface area contributed by atoms with Gasteiger partial charge in [-0.05, 0) is 18.2 Å². The van der Waals surface area contributed by atoms with E-state index in [0.29, 0.717) is 5.56 Å². The number of amides is 1. The fourth-order valence-corrected chi connectivity index (χ4v) is 2.12. The molecule has 0 saturated heterocycles. The zero-order valence-electron chi connectivity index (χ0n) is 10.5. The fourth-order valence-electron chi connectivity index (χ4n) is 1.49. The van der Waals surface area contributed by atoms with Gasteiger partial charge in [-0.2, -0.15) is 11.8 Å². The number of ketones is 1. The summed E-state index contributed by atoms with van der Waals surface area (Å²) in [4.78, 5) is 22.3. The van der Waals surface area contributed by atoms with Gasteiger partial charge in [0.2, 0.25) is 0 Å². The minimum absolute atomic E-state index is 0.216. The number of carbonyl (C=O) groups is 2. The fraction of sp³-hybridized carbons (Fsp3) is 0.385. The molecule has 0 radical (unpaired) electrons. The molecule has 0 heterocycles. The Bertz CT molecular complexity index is 417. The summed E-state index contributed by atoms with van der Waals surface area (Å²) in [6.45, 7) is 3.64. The second-order valence-electron chi connectivity index (χ2n) is 3.87. The van der Waals surface area contributed by atoms with Crippen LogP contribution in [0.25, 0.3) is 0 Å². The molecule has 5 heteroatoms. The number of thioether (sulfide) groups is 1. The molecule has 1 amide bonds. The zero-order valence-corrected chi connectivity index (χ0v) is 11.3. The molecule has 0 saturated carbocycles. The molecule has 18 heavy (non-hydrogen) atoms. The minimum atomic E-state index is -1.19. The maximum Gasteiger partial charge on any atom is 0.405 e. The number of nitrogens with one attached hydrogen (secondary N) is 1. The van der Waals surface area contributed by atoms with Crippen molar-refractivity contribution < 1.29 is 14.7 Å². The monoisotopic (exact) mass is 267 g/mol. The standard InChI is InChI=1S/C13H17NO3S/c1-3-18-8-10-4-6-11(7-5-10)12(15)9(2)14-13(16)17/h4-7,9,14H,3,8H2,1-2H3,(H,16,17). The Balaban J connectivity index is 2.66. The van der Waals surface area contributed by atoms with E-state index in [2.05, 4.69) is 12.2 Å². The molecule has 0 aliphatic carbocycles. The molecule has 2 N–H and O–H groups in total. The van der Waals surface area contributed by atoms with Crippen LogP contribution in [0.4, 0.5) is 4.79 Å². The molecule has 0 fully saturated rings. The van der Waals surface area contributed by atoms with Gasteiger partial charge >= 0.3 is 6.09 Å². The molecule has 4 nitrogen and oxygen atoms in total. The van der Waals surface area contributed by atoms with Gasteiger partial charge in [0.15, 0.2) is 5.78 Å². The summed E-state index contributed by atoms with van der Waals surface area (Å²) in [5.74, 6) is 1.76. The molecule has 0 aliphatic heterocycles. The number of rotatable bonds is 6. The molecule has 1 unspecified atom stereocenters. The highest BCUT2D eigenvalue weighted by Gasteiger charge is 2.16. The second kappa shape index (κ2) is 7.06. The maximum atomic E-state index is 11.9. The van der Waals surface area contributed by atoms with Gasteiger partial charge in [0.25, 0.3) is 0 Å². The Labute approximate surface area is 111 Å². The Morgan fingerprint density at radius 3 is 2.44 bits per heavy atom. The largest absolute Gasteiger partial charge is 0.465 e. The van der Waals surface area contributed by atoms with Crippen LogP contribution >= 0.6 is 11.8 Å². The molecular weight excluding hydrogens is 250 g/mol. The van der Waals surface area contributed by atoms with Crippen molar-refractivity contribution in [1.82, 2.24) is 5.32 Å². The summed E-state index contributed by atoms with van der Waals surface area (Å²) in [7, 11) is 0. The number of hydrogen-bond donors (Lipinski definition) is 2. The zero-order chi connectivity index (χ0) is 13.5. The van der Waals surface area contributed by atoms with Crippen molar-refractivity contribution in [1.29, 1.82) is 0 Å². The highest BCUT2D eigenvalue weighted by Crippen LogP contribution is 2.13. The Morgan fingerprint density at radius 2 is 1.94 bits per heavy atom. The van der Waals surface area contributed by atoms with Crippen LogP contribution in [0, 0.1) is 0 Å². The van der Waals surface area contributed by atoms with Gasteiger partial charge in [-0.3, -0.25) is 4.79 Å². The van der Waals surface area contributed by atoms with Crippen LogP contribution in [0.5, 0.6) is 0 Å². The van der Waals surface area contributed by atoms with E-state index in [1.54, 1.807) is 12.1 Å². The number of carbonyl (C=O) groups excluding carboxylic acids is 1. The molecule has 98 valence electrons. The van der Waals surface area contributed by atoms with Crippen molar-refractivity contribution in [2.24, 2.45) is 0 Å². The first-order chi connectivity index (χ1) is 8.54. The minimum Gasteiger partial charge on any atom is -0.465 e. The van der Waals surface area contributed by atoms with E-state index >= 15 is 0 Å². The lowest BCUT2D eigenvalue weighted by molar-refractivity contribution is 0.0945. The Hall–Kier alpha value is -1.49. The van der Waals surface area contributed by atoms with Crippen molar-refractivity contribution >= 4 is 23.6 Å². The van der Waals surface area contributed by atoms with Crippen LogP contribution in [-0.2, 0) is 5.75 Å². The van der Waals surface area contributed by atoms with E-state index in [1.807, 2.05) is 23.9 Å². The van der Waals surface area contributed by atoms with Gasteiger partial charge in [0, 0.05) is 11.3 Å². The molecule has 1 aromatic carbocycles. The highest BCUT2D eigenvalue weighted by atomic mass is 32.2. The molecule has 0 aromatic heterocycles. The lowest BCUT2D eigenvalue weighted by Crippen LogP contribution is -2.37. The quantitative estimate of drug-likeness (QED) is 0.778. The lowest BCUT2D eigenvalue weighted by Gasteiger charge is -2.10. The lowest BCUT2D eigenvalue weighted by atomic mass is 10.0. The SMILES string of the molecule is CCSCc1ccc(C(=O)C(C)NC(=O)O)cc1. The average Bonchev–Trinajstić information content (AvgIpc) is 2.35. The van der Waals surface area contributed by atoms with Gasteiger partial charge in [0.05, 0.1) is 6.04 Å². The average molecular weight is 267 g/mol. The summed E-state index contributed by atoms with van der Waals surface area (Å²) in [6.07, 6.45) is -1.19. The predicted octanol–water partition coefficient (Wildman–Crippen LogP) is 2.78. The van der Waals surface area contributed by atoms with E-state index in [9.17, 15) is 9.59 Å². The number of carboxylic acid groups (broad SMARTS) is 1. The van der Waals surface area contributed by atoms with Crippen LogP contribution in [0.15, 0.2) is 24.3 Å². The van der Waals surface area contributed by atoms with Crippen LogP contribution in [0.2, 0.25) is 0 Å². The summed E-state index contributed by atoms with van der Waals surface area (Å²) >= 11 is 1.82. The second-order valence-corrected chi connectivity index (χ2v) is 5.14. The van der Waals surface area contributed by atoms with Crippen molar-refractivity contribution in [2.75, 3.05) is 5.75 Å². The van der Waals surface area contributed by atoms with E-state index in [1.165, 1.54) is 6.92 Å². The van der Waals surface area contributed by atoms with Crippen molar-refractivity contribution in [2.45, 2.75) is 25.6 Å². The van der Waals surface area contributed by atoms with E-state index < -0.39 is 12.1 Å². The first-order valence-electron chi connectivity index (χ1n) is 5.75. The third-order valence-corrected chi connectivity index (χ3v) is 3.39. The van der Waals surface area contributed by atoms with Crippen LogP contribution < -0.4 is 5.32 Å². The van der Waals surface area contributed by atoms with Crippen molar-refractivity contribution in [3.8, 4) is 0 Å². The summed E-state index contributed by atoms with van der Waals surface area (Å²) in [6, 6.07) is 6.58. The van der Waals surface area contributed by atoms with E-state index in [-0.39, 0.29) is 5.78 Å². The molecule has 1 aromatic rings. The van der Waals surface area contributed by atoms with Crippen LogP contribution in [0.3, 0.4) is 0 Å². The smallest absolute Gasteiger partial charge is 0.405 e. The number of benzene rings is 1. The third-order valence-electron chi connectivity index (χ3n) is 2.44. The van der Waals surface area contributed by atoms with Gasteiger partial charge < -0.3 is 10.4 Å². The normalized spacial score (nSPS) is 11.9. The maximum absolute atomic E-state index is 11.9. The van der Waals surface area contributed by atoms with Crippen molar-refractivity contribution in [3.05, 3.63) is 35.4 Å². The van der Waals surface area contributed by atoms with Crippen molar-refractivity contribution in [3.63, 3.8) is 0 Å². The number of hydrogen-bond acceptors (Lipinski definition) is 3. The Morgan fingerprint density at radius 1 is 1.33 bits per heavy atom. The predicted molar refractivity (Wildman–Crippen MR) is 73.2 cm³/mol. The first-order valence-corrected chi connectivity index (χ1v) is 6.90. The Kier molecular flexibility index (Phi) is 5.71. The molecular formula is C13H17NO3S. The summed E-state index contributed by atoms with van der Waals surface area (Å²) in [5.41, 5.74) is 1.69. The number of Topliss-reactive ketones (excluding diaryl/α,β-unsaturated/α-hetero) is 1. The van der Waals surface area contributed by atoms with E-state index in [4.69, 9.17) is 5.11 Å². The summed E-state index contributed by atoms with van der Waals surface area (Å²) in [5, 5.41) is 10.7. The molecule has 0 bridgehead atoms. The molecule has 1 rings (SSSR count). The molecule has 0 spiro atoms. The van der Waals surface area contributed by atoms with Gasteiger partial charge in [-0.15, -0.1) is 0 Å². The molecule has 1 atom stereocenters. The van der Waals surface area contributed by atoms with Crippen LogP contribution in [0.1, 0.15) is 29.8 Å². The van der Waals surface area contributed by atoms with Crippen LogP contribution in [-0.4, -0.2) is 28.8 Å². The van der Waals surface area contributed by atoms with E-state index in [0.717, 1.165) is 17.1 Å². The highest BCUT2D eigenvalue weighted by molar-refractivity contribution is 7.98. The first kappa shape index (κ1) is 14.6. The van der Waals surface area contributed by atoms with Gasteiger partial charge in [0.1, 0.15) is 0 Å². The van der Waals surface area contributed by atoms with Gasteiger partial charge in [-0.25, -0.2) is 4.79 Å². The molecule has 0 aliphatic rings.